The molecule has 0 spiro atoms. The van der Waals surface area contributed by atoms with Crippen molar-refractivity contribution in [1.29, 1.82) is 0 Å². The first-order chi connectivity index (χ1) is 7.91. The third-order valence-electron chi connectivity index (χ3n) is 2.75. The minimum Gasteiger partial charge on any atom is -0.481 e. The van der Waals surface area contributed by atoms with Crippen molar-refractivity contribution in [3.63, 3.8) is 0 Å². The smallest absolute Gasteiger partial charge is 0.304 e. The second-order valence-corrected chi connectivity index (χ2v) is 5.29. The third-order valence-corrected chi connectivity index (χ3v) is 3.57. The van der Waals surface area contributed by atoms with Crippen molar-refractivity contribution in [3.8, 4) is 0 Å². The first-order valence-electron chi connectivity index (χ1n) is 5.28. The SMILES string of the molecule is CC(c1ccc(Br)cc1Cl)N(C)CCC(=O)O. The molecular weight excluding hydrogens is 305 g/mol. The van der Waals surface area contributed by atoms with Crippen molar-refractivity contribution < 1.29 is 9.90 Å². The fourth-order valence-electron chi connectivity index (χ4n) is 1.54. The lowest BCUT2D eigenvalue weighted by Crippen LogP contribution is -2.25. The topological polar surface area (TPSA) is 40.5 Å². The van der Waals surface area contributed by atoms with Gasteiger partial charge in [0.05, 0.1) is 6.42 Å². The molecular formula is C12H15BrClNO2. The summed E-state index contributed by atoms with van der Waals surface area (Å²) in [5.41, 5.74) is 1.00. The van der Waals surface area contributed by atoms with E-state index in [-0.39, 0.29) is 12.5 Å². The van der Waals surface area contributed by atoms with Gasteiger partial charge in [0.15, 0.2) is 0 Å². The summed E-state index contributed by atoms with van der Waals surface area (Å²) in [6.07, 6.45) is 0.134. The van der Waals surface area contributed by atoms with E-state index in [2.05, 4.69) is 15.9 Å². The maximum Gasteiger partial charge on any atom is 0.304 e. The van der Waals surface area contributed by atoms with Gasteiger partial charge in [-0.2, -0.15) is 0 Å². The van der Waals surface area contributed by atoms with E-state index in [4.69, 9.17) is 16.7 Å². The van der Waals surface area contributed by atoms with Crippen molar-refractivity contribution in [3.05, 3.63) is 33.3 Å². The Morgan fingerprint density at radius 3 is 2.76 bits per heavy atom. The van der Waals surface area contributed by atoms with Gasteiger partial charge in [-0.25, -0.2) is 0 Å². The Bertz CT molecular complexity index is 411. The highest BCUT2D eigenvalue weighted by molar-refractivity contribution is 9.10. The first kappa shape index (κ1) is 14.5. The standard InChI is InChI=1S/C12H15BrClNO2/c1-8(15(2)6-5-12(16)17)10-4-3-9(13)7-11(10)14/h3-4,7-8H,5-6H2,1-2H3,(H,16,17). The molecule has 17 heavy (non-hydrogen) atoms. The molecule has 1 aromatic carbocycles. The lowest BCUT2D eigenvalue weighted by atomic mass is 10.1. The lowest BCUT2D eigenvalue weighted by molar-refractivity contribution is -0.137. The zero-order chi connectivity index (χ0) is 13.0. The van der Waals surface area contributed by atoms with Crippen LogP contribution < -0.4 is 0 Å². The predicted molar refractivity (Wildman–Crippen MR) is 72.4 cm³/mol. The first-order valence-corrected chi connectivity index (χ1v) is 6.46. The van der Waals surface area contributed by atoms with Gasteiger partial charge in [0.2, 0.25) is 0 Å². The predicted octanol–water partition coefficient (Wildman–Crippen LogP) is 3.57. The highest BCUT2D eigenvalue weighted by Gasteiger charge is 2.15. The Morgan fingerprint density at radius 1 is 1.59 bits per heavy atom. The van der Waals surface area contributed by atoms with E-state index >= 15 is 0 Å². The molecule has 0 aliphatic heterocycles. The summed E-state index contributed by atoms with van der Waals surface area (Å²) in [5.74, 6) is -0.786. The summed E-state index contributed by atoms with van der Waals surface area (Å²) >= 11 is 9.51. The maximum atomic E-state index is 10.5. The minimum atomic E-state index is -0.786. The number of aliphatic carboxylic acids is 1. The van der Waals surface area contributed by atoms with Crippen molar-refractivity contribution >= 4 is 33.5 Å². The number of nitrogens with zero attached hydrogens (tertiary/aromatic N) is 1. The van der Waals surface area contributed by atoms with Crippen LogP contribution in [0.3, 0.4) is 0 Å². The van der Waals surface area contributed by atoms with E-state index in [9.17, 15) is 4.79 Å². The van der Waals surface area contributed by atoms with Crippen LogP contribution in [0.25, 0.3) is 0 Å². The number of carboxylic acid groups (broad SMARTS) is 1. The van der Waals surface area contributed by atoms with Gasteiger partial charge in [0, 0.05) is 22.1 Å². The van der Waals surface area contributed by atoms with Crippen molar-refractivity contribution in [2.24, 2.45) is 0 Å². The van der Waals surface area contributed by atoms with Gasteiger partial charge in [-0.15, -0.1) is 0 Å². The summed E-state index contributed by atoms with van der Waals surface area (Å²) in [6, 6.07) is 5.82. The Labute approximate surface area is 115 Å². The Morgan fingerprint density at radius 2 is 2.24 bits per heavy atom. The molecule has 0 saturated heterocycles. The molecule has 1 aromatic rings. The average Bonchev–Trinajstić information content (AvgIpc) is 2.25. The number of hydrogen-bond donors (Lipinski definition) is 1. The maximum absolute atomic E-state index is 10.5. The molecule has 0 aliphatic rings. The van der Waals surface area contributed by atoms with Crippen molar-refractivity contribution in [1.82, 2.24) is 4.90 Å². The van der Waals surface area contributed by atoms with Gasteiger partial charge in [0.25, 0.3) is 0 Å². The molecule has 1 N–H and O–H groups in total. The molecule has 0 aliphatic carbocycles. The number of hydrogen-bond acceptors (Lipinski definition) is 2. The zero-order valence-corrected chi connectivity index (χ0v) is 12.1. The second-order valence-electron chi connectivity index (χ2n) is 3.97. The molecule has 5 heteroatoms. The molecule has 1 unspecified atom stereocenters. The highest BCUT2D eigenvalue weighted by atomic mass is 79.9. The average molecular weight is 321 g/mol. The second kappa shape index (κ2) is 6.38. The van der Waals surface area contributed by atoms with E-state index < -0.39 is 5.97 Å². The summed E-state index contributed by atoms with van der Waals surface area (Å²) < 4.78 is 0.937. The number of halogens is 2. The van der Waals surface area contributed by atoms with Crippen LogP contribution in [0.1, 0.15) is 24.9 Å². The Hall–Kier alpha value is -0.580. The van der Waals surface area contributed by atoms with Crippen LogP contribution in [0.2, 0.25) is 5.02 Å². The Balaban J connectivity index is 2.74. The van der Waals surface area contributed by atoms with Crippen LogP contribution in [0, 0.1) is 0 Å². The van der Waals surface area contributed by atoms with Crippen molar-refractivity contribution in [2.75, 3.05) is 13.6 Å². The molecule has 0 amide bonds. The molecule has 1 rings (SSSR count). The number of rotatable bonds is 5. The Kier molecular flexibility index (Phi) is 5.43. The lowest BCUT2D eigenvalue weighted by Gasteiger charge is -2.25. The third kappa shape index (κ3) is 4.30. The summed E-state index contributed by atoms with van der Waals surface area (Å²) in [6.45, 7) is 2.51. The number of carbonyl (C=O) groups is 1. The summed E-state index contributed by atoms with van der Waals surface area (Å²) in [5, 5.41) is 9.34. The molecule has 0 fully saturated rings. The van der Waals surface area contributed by atoms with Crippen LogP contribution in [-0.2, 0) is 4.79 Å². The fraction of sp³-hybridized carbons (Fsp3) is 0.417. The van der Waals surface area contributed by atoms with E-state index in [1.807, 2.05) is 37.1 Å². The molecule has 0 aromatic heterocycles. The van der Waals surface area contributed by atoms with Gasteiger partial charge in [0.1, 0.15) is 0 Å². The molecule has 0 heterocycles. The van der Waals surface area contributed by atoms with Gasteiger partial charge in [-0.05, 0) is 31.7 Å². The summed E-state index contributed by atoms with van der Waals surface area (Å²) in [7, 11) is 1.89. The van der Waals surface area contributed by atoms with Crippen LogP contribution in [0.15, 0.2) is 22.7 Å². The molecule has 0 radical (unpaired) electrons. The largest absolute Gasteiger partial charge is 0.481 e. The van der Waals surface area contributed by atoms with E-state index in [0.717, 1.165) is 10.0 Å². The molecule has 1 atom stereocenters. The summed E-state index contributed by atoms with van der Waals surface area (Å²) in [4.78, 5) is 12.5. The fourth-order valence-corrected chi connectivity index (χ4v) is 2.37. The van der Waals surface area contributed by atoms with Gasteiger partial charge in [-0.1, -0.05) is 33.6 Å². The van der Waals surface area contributed by atoms with Crippen LogP contribution in [0.5, 0.6) is 0 Å². The molecule has 0 bridgehead atoms. The highest BCUT2D eigenvalue weighted by Crippen LogP contribution is 2.29. The normalized spacial score (nSPS) is 12.8. The molecule has 3 nitrogen and oxygen atoms in total. The zero-order valence-electron chi connectivity index (χ0n) is 9.78. The van der Waals surface area contributed by atoms with Crippen molar-refractivity contribution in [2.45, 2.75) is 19.4 Å². The molecule has 94 valence electrons. The number of benzene rings is 1. The van der Waals surface area contributed by atoms with E-state index in [1.54, 1.807) is 0 Å². The minimum absolute atomic E-state index is 0.0925. The van der Waals surface area contributed by atoms with E-state index in [0.29, 0.717) is 11.6 Å². The van der Waals surface area contributed by atoms with Crippen LogP contribution in [-0.4, -0.2) is 29.6 Å². The van der Waals surface area contributed by atoms with Crippen LogP contribution >= 0.6 is 27.5 Å². The van der Waals surface area contributed by atoms with E-state index in [1.165, 1.54) is 0 Å². The quantitative estimate of drug-likeness (QED) is 0.901. The molecule has 0 saturated carbocycles. The monoisotopic (exact) mass is 319 g/mol. The number of carboxylic acids is 1. The van der Waals surface area contributed by atoms with Crippen LogP contribution in [0.4, 0.5) is 0 Å². The van der Waals surface area contributed by atoms with Gasteiger partial charge < -0.3 is 5.11 Å². The van der Waals surface area contributed by atoms with Gasteiger partial charge in [-0.3, -0.25) is 9.69 Å². The van der Waals surface area contributed by atoms with Gasteiger partial charge >= 0.3 is 5.97 Å².